The van der Waals surface area contributed by atoms with E-state index in [1.54, 1.807) is 24.3 Å². The predicted octanol–water partition coefficient (Wildman–Crippen LogP) is 2.27. The quantitative estimate of drug-likeness (QED) is 0.680. The number of carbonyl (C=O) groups is 1. The molecule has 2 rings (SSSR count). The van der Waals surface area contributed by atoms with E-state index in [4.69, 9.17) is 9.84 Å². The van der Waals surface area contributed by atoms with E-state index in [0.29, 0.717) is 5.75 Å². The molecule has 0 bridgehead atoms. The molecule has 16 heavy (non-hydrogen) atoms. The molecule has 2 aromatic rings. The van der Waals surface area contributed by atoms with Gasteiger partial charge in [0.05, 0.1) is 0 Å². The van der Waals surface area contributed by atoms with Crippen LogP contribution in [0.3, 0.4) is 0 Å². The third kappa shape index (κ3) is 6.87. The molecular weight excluding hydrogens is 248 g/mol. The van der Waals surface area contributed by atoms with E-state index in [-0.39, 0.29) is 23.7 Å². The van der Waals surface area contributed by atoms with E-state index >= 15 is 0 Å². The van der Waals surface area contributed by atoms with E-state index in [2.05, 4.69) is 0 Å². The van der Waals surface area contributed by atoms with Crippen molar-refractivity contribution < 1.29 is 31.7 Å². The van der Waals surface area contributed by atoms with Crippen LogP contribution in [0.1, 0.15) is 0 Å². The summed E-state index contributed by atoms with van der Waals surface area (Å²) in [5.74, 6) is -0.358. The average molecular weight is 260 g/mol. The fourth-order valence-electron chi connectivity index (χ4n) is 0.918. The molecule has 0 amide bonds. The second-order valence-corrected chi connectivity index (χ2v) is 2.77. The molecule has 0 saturated heterocycles. The standard InChI is InChI=1S/C7H7O3.C5H5.Fe/c8-7(9)5-10-6-3-1-2-4-6;1-2-4-5-3-1;/h1-4H,5H2,(H,8,9);1-5H;/q2*-1;+2. The minimum atomic E-state index is -0.957. The van der Waals surface area contributed by atoms with Crippen LogP contribution in [0, 0.1) is 0 Å². The summed E-state index contributed by atoms with van der Waals surface area (Å²) in [4.78, 5) is 9.97. The average Bonchev–Trinajstić information content (AvgIpc) is 2.91. The molecule has 0 aliphatic heterocycles. The molecule has 0 unspecified atom stereocenters. The van der Waals surface area contributed by atoms with Gasteiger partial charge in [0.1, 0.15) is 0 Å². The summed E-state index contributed by atoms with van der Waals surface area (Å²) in [6.45, 7) is -0.274. The Morgan fingerprint density at radius 2 is 1.94 bits per heavy atom. The molecule has 86 valence electrons. The van der Waals surface area contributed by atoms with Crippen LogP contribution in [0.15, 0.2) is 54.6 Å². The van der Waals surface area contributed by atoms with Crippen molar-refractivity contribution in [1.82, 2.24) is 0 Å². The number of hydrogen-bond acceptors (Lipinski definition) is 2. The molecule has 0 heterocycles. The minimum Gasteiger partial charge on any atom is -0.551 e. The number of aliphatic carboxylic acids is 1. The zero-order chi connectivity index (χ0) is 10.9. The van der Waals surface area contributed by atoms with Crippen molar-refractivity contribution in [2.24, 2.45) is 0 Å². The van der Waals surface area contributed by atoms with Gasteiger partial charge in [0.25, 0.3) is 0 Å². The van der Waals surface area contributed by atoms with Gasteiger partial charge in [0, 0.05) is 0 Å². The van der Waals surface area contributed by atoms with Gasteiger partial charge in [-0.2, -0.15) is 36.4 Å². The first-order valence-corrected chi connectivity index (χ1v) is 4.52. The summed E-state index contributed by atoms with van der Waals surface area (Å²) in [5, 5.41) is 8.19. The van der Waals surface area contributed by atoms with Gasteiger partial charge in [0.2, 0.25) is 0 Å². The molecule has 0 aromatic heterocycles. The molecule has 1 N–H and O–H groups in total. The zero-order valence-electron chi connectivity index (χ0n) is 8.52. The Labute approximate surface area is 105 Å². The topological polar surface area (TPSA) is 46.5 Å². The normalized spacial score (nSPS) is 8.25. The van der Waals surface area contributed by atoms with Crippen LogP contribution < -0.4 is 4.74 Å². The first-order valence-electron chi connectivity index (χ1n) is 4.52. The van der Waals surface area contributed by atoms with Gasteiger partial charge in [-0.15, -0.1) is 6.07 Å². The Morgan fingerprint density at radius 1 is 1.25 bits per heavy atom. The summed E-state index contributed by atoms with van der Waals surface area (Å²) in [7, 11) is 0. The molecular formula is C12H12FeO3. The molecule has 0 spiro atoms. The molecule has 0 radical (unpaired) electrons. The minimum absolute atomic E-state index is 0. The smallest absolute Gasteiger partial charge is 0.551 e. The van der Waals surface area contributed by atoms with Crippen molar-refractivity contribution >= 4 is 5.97 Å². The van der Waals surface area contributed by atoms with E-state index in [0.717, 1.165) is 0 Å². The van der Waals surface area contributed by atoms with Crippen LogP contribution in [0.4, 0.5) is 0 Å². The summed E-state index contributed by atoms with van der Waals surface area (Å²) in [5.41, 5.74) is 0. The van der Waals surface area contributed by atoms with Gasteiger partial charge >= 0.3 is 23.0 Å². The SMILES string of the molecule is O=C(O)COc1cc[cH-]c1.[Fe+2].c1cc[cH-]c1. The summed E-state index contributed by atoms with van der Waals surface area (Å²) >= 11 is 0. The van der Waals surface area contributed by atoms with E-state index in [9.17, 15) is 4.79 Å². The van der Waals surface area contributed by atoms with Crippen LogP contribution in [0.5, 0.6) is 5.75 Å². The van der Waals surface area contributed by atoms with Gasteiger partial charge < -0.3 is 9.84 Å². The summed E-state index contributed by atoms with van der Waals surface area (Å²) in [6.07, 6.45) is 0. The van der Waals surface area contributed by atoms with Crippen LogP contribution in [0.25, 0.3) is 0 Å². The van der Waals surface area contributed by atoms with E-state index < -0.39 is 5.97 Å². The van der Waals surface area contributed by atoms with Crippen molar-refractivity contribution in [2.75, 3.05) is 6.61 Å². The third-order valence-electron chi connectivity index (χ3n) is 1.55. The molecule has 0 saturated carbocycles. The van der Waals surface area contributed by atoms with Gasteiger partial charge in [0.15, 0.2) is 6.61 Å². The second-order valence-electron chi connectivity index (χ2n) is 2.77. The summed E-state index contributed by atoms with van der Waals surface area (Å²) < 4.78 is 4.81. The number of ether oxygens (including phenoxy) is 1. The van der Waals surface area contributed by atoms with Crippen molar-refractivity contribution in [2.45, 2.75) is 0 Å². The number of carboxylic acids is 1. The molecule has 0 atom stereocenters. The molecule has 3 nitrogen and oxygen atoms in total. The first kappa shape index (κ1) is 14.5. The Hall–Kier alpha value is -1.51. The Morgan fingerprint density at radius 3 is 2.31 bits per heavy atom. The fraction of sp³-hybridized carbons (Fsp3) is 0.0833. The Bertz CT molecular complexity index is 334. The van der Waals surface area contributed by atoms with Gasteiger partial charge in [-0.05, 0) is 5.75 Å². The van der Waals surface area contributed by atoms with Gasteiger partial charge in [-0.3, -0.25) is 0 Å². The summed E-state index contributed by atoms with van der Waals surface area (Å²) in [6, 6.07) is 17.0. The number of hydrogen-bond donors (Lipinski definition) is 1. The van der Waals surface area contributed by atoms with Crippen molar-refractivity contribution in [1.29, 1.82) is 0 Å². The third-order valence-corrected chi connectivity index (χ3v) is 1.55. The van der Waals surface area contributed by atoms with Crippen molar-refractivity contribution in [3.8, 4) is 5.75 Å². The predicted molar refractivity (Wildman–Crippen MR) is 57.2 cm³/mol. The maximum absolute atomic E-state index is 9.97. The molecule has 0 aliphatic rings. The van der Waals surface area contributed by atoms with Crippen LogP contribution in [0.2, 0.25) is 0 Å². The van der Waals surface area contributed by atoms with E-state index in [1.165, 1.54) is 0 Å². The van der Waals surface area contributed by atoms with E-state index in [1.807, 2.05) is 30.3 Å². The van der Waals surface area contributed by atoms with Gasteiger partial charge in [-0.1, -0.05) is 0 Å². The van der Waals surface area contributed by atoms with Crippen LogP contribution in [-0.2, 0) is 21.9 Å². The maximum Gasteiger partial charge on any atom is 2.00 e. The molecule has 0 fully saturated rings. The number of carboxylic acid groups (broad SMARTS) is 1. The van der Waals surface area contributed by atoms with Crippen molar-refractivity contribution in [3.05, 3.63) is 54.6 Å². The number of rotatable bonds is 3. The molecule has 4 heteroatoms. The molecule has 0 aliphatic carbocycles. The largest absolute Gasteiger partial charge is 2.00 e. The Kier molecular flexibility index (Phi) is 7.94. The second kappa shape index (κ2) is 8.77. The zero-order valence-corrected chi connectivity index (χ0v) is 9.62. The van der Waals surface area contributed by atoms with Crippen LogP contribution in [-0.4, -0.2) is 17.7 Å². The van der Waals surface area contributed by atoms with Gasteiger partial charge in [-0.25, -0.2) is 16.9 Å². The monoisotopic (exact) mass is 260 g/mol. The Balaban J connectivity index is 0.000000318. The first-order chi connectivity index (χ1) is 7.29. The van der Waals surface area contributed by atoms with Crippen LogP contribution >= 0.6 is 0 Å². The fourth-order valence-corrected chi connectivity index (χ4v) is 0.918. The maximum atomic E-state index is 9.97. The molecule has 2 aromatic carbocycles. The van der Waals surface area contributed by atoms with Crippen molar-refractivity contribution in [3.63, 3.8) is 0 Å².